The molecule has 2 heterocycles. The summed E-state index contributed by atoms with van der Waals surface area (Å²) in [5.41, 5.74) is 1.27. The first kappa shape index (κ1) is 17.6. The van der Waals surface area contributed by atoms with E-state index in [-0.39, 0.29) is 0 Å². The molecule has 0 spiro atoms. The summed E-state index contributed by atoms with van der Waals surface area (Å²) in [5, 5.41) is 0. The first-order chi connectivity index (χ1) is 11.8. The maximum atomic E-state index is 5.54. The summed E-state index contributed by atoms with van der Waals surface area (Å²) in [6.07, 6.45) is 8.51. The van der Waals surface area contributed by atoms with Crippen LogP contribution in [0.1, 0.15) is 44.1 Å². The summed E-state index contributed by atoms with van der Waals surface area (Å²) < 4.78 is 10.9. The molecule has 0 bridgehead atoms. The fourth-order valence-electron chi connectivity index (χ4n) is 4.49. The highest BCUT2D eigenvalue weighted by atomic mass is 16.5. The van der Waals surface area contributed by atoms with Crippen molar-refractivity contribution in [2.45, 2.75) is 51.1 Å². The largest absolute Gasteiger partial charge is 0.497 e. The van der Waals surface area contributed by atoms with E-state index in [2.05, 4.69) is 6.07 Å². The van der Waals surface area contributed by atoms with Gasteiger partial charge in [-0.2, -0.15) is 0 Å². The molecule has 2 saturated heterocycles. The van der Waals surface area contributed by atoms with Crippen molar-refractivity contribution in [2.75, 3.05) is 40.4 Å². The Balaban J connectivity index is 1.55. The molecule has 0 aromatic heterocycles. The second kappa shape index (κ2) is 8.72. The van der Waals surface area contributed by atoms with Crippen molar-refractivity contribution in [1.29, 1.82) is 0 Å². The lowest BCUT2D eigenvalue weighted by molar-refractivity contribution is -0.963. The molecule has 0 atom stereocenters. The second-order valence-corrected chi connectivity index (χ2v) is 7.45. The van der Waals surface area contributed by atoms with E-state index in [1.165, 1.54) is 70.3 Å². The zero-order valence-electron chi connectivity index (χ0n) is 15.4. The van der Waals surface area contributed by atoms with E-state index in [0.29, 0.717) is 0 Å². The topological polar surface area (TPSA) is 27.3 Å². The molecule has 0 aliphatic carbocycles. The maximum absolute atomic E-state index is 5.54. The molecule has 24 heavy (non-hydrogen) atoms. The van der Waals surface area contributed by atoms with E-state index in [4.69, 9.17) is 9.47 Å². The highest BCUT2D eigenvalue weighted by Crippen LogP contribution is 2.23. The van der Waals surface area contributed by atoms with Gasteiger partial charge in [0.2, 0.25) is 0 Å². The van der Waals surface area contributed by atoms with Gasteiger partial charge in [0, 0.05) is 12.8 Å². The lowest BCUT2D eigenvalue weighted by Gasteiger charge is -2.34. The Labute approximate surface area is 146 Å². The third-order valence-electron chi connectivity index (χ3n) is 5.94. The van der Waals surface area contributed by atoms with Crippen molar-refractivity contribution in [2.24, 2.45) is 0 Å². The number of piperidine rings is 1. The fourth-order valence-corrected chi connectivity index (χ4v) is 4.49. The lowest BCUT2D eigenvalue weighted by atomic mass is 10.0. The van der Waals surface area contributed by atoms with Crippen LogP contribution in [-0.4, -0.2) is 46.4 Å². The Morgan fingerprint density at radius 1 is 0.917 bits per heavy atom. The minimum atomic E-state index is 0.902. The van der Waals surface area contributed by atoms with E-state index in [0.717, 1.165) is 24.1 Å². The van der Waals surface area contributed by atoms with Gasteiger partial charge in [0.25, 0.3) is 0 Å². The van der Waals surface area contributed by atoms with Crippen LogP contribution in [0.5, 0.6) is 11.5 Å². The fraction of sp³-hybridized carbons (Fsp3) is 0.700. The molecule has 2 aliphatic rings. The first-order valence-electron chi connectivity index (χ1n) is 9.69. The first-order valence-corrected chi connectivity index (χ1v) is 9.69. The van der Waals surface area contributed by atoms with Gasteiger partial charge in [-0.15, -0.1) is 0 Å². The zero-order valence-corrected chi connectivity index (χ0v) is 15.4. The molecule has 2 fully saturated rings. The van der Waals surface area contributed by atoms with Crippen molar-refractivity contribution < 1.29 is 19.3 Å². The summed E-state index contributed by atoms with van der Waals surface area (Å²) in [4.78, 5) is 3.58. The van der Waals surface area contributed by atoms with Crippen LogP contribution < -0.4 is 19.3 Å². The number of rotatable bonds is 5. The van der Waals surface area contributed by atoms with E-state index >= 15 is 0 Å². The number of nitrogens with one attached hydrogen (secondary N) is 2. The van der Waals surface area contributed by atoms with Gasteiger partial charge < -0.3 is 19.3 Å². The van der Waals surface area contributed by atoms with Crippen LogP contribution in [0.15, 0.2) is 18.2 Å². The molecule has 4 nitrogen and oxygen atoms in total. The van der Waals surface area contributed by atoms with Crippen LogP contribution in [0.2, 0.25) is 0 Å². The third-order valence-corrected chi connectivity index (χ3v) is 5.94. The number of methoxy groups -OCH3 is 2. The van der Waals surface area contributed by atoms with E-state index in [9.17, 15) is 0 Å². The van der Waals surface area contributed by atoms with Crippen molar-refractivity contribution in [1.82, 2.24) is 0 Å². The van der Waals surface area contributed by atoms with Gasteiger partial charge in [-0.1, -0.05) is 0 Å². The monoisotopic (exact) mass is 334 g/mol. The van der Waals surface area contributed by atoms with Gasteiger partial charge in [0.1, 0.15) is 18.0 Å². The normalized spacial score (nSPS) is 25.9. The SMILES string of the molecule is COc1ccc(OC)c(C[NH+]2CCC([NH+]3CCCCCC3)CC2)c1. The van der Waals surface area contributed by atoms with Crippen LogP contribution in [0, 0.1) is 0 Å². The molecule has 134 valence electrons. The van der Waals surface area contributed by atoms with Crippen molar-refractivity contribution in [3.8, 4) is 11.5 Å². The zero-order chi connectivity index (χ0) is 16.8. The standard InChI is InChI=1S/C20H32N2O2/c1-23-19-7-8-20(24-2)17(15-19)16-21-13-9-18(10-14-21)22-11-5-3-4-6-12-22/h7-8,15,18H,3-6,9-14,16H2,1-2H3/p+2. The Morgan fingerprint density at radius 3 is 2.25 bits per heavy atom. The van der Waals surface area contributed by atoms with Crippen molar-refractivity contribution in [3.63, 3.8) is 0 Å². The lowest BCUT2D eigenvalue weighted by Crippen LogP contribution is -3.20. The molecule has 2 aliphatic heterocycles. The van der Waals surface area contributed by atoms with Crippen molar-refractivity contribution in [3.05, 3.63) is 23.8 Å². The summed E-state index contributed by atoms with van der Waals surface area (Å²) in [6, 6.07) is 7.05. The van der Waals surface area contributed by atoms with Gasteiger partial charge in [0.05, 0.1) is 52.0 Å². The third kappa shape index (κ3) is 4.42. The maximum Gasteiger partial charge on any atom is 0.127 e. The van der Waals surface area contributed by atoms with Crippen molar-refractivity contribution >= 4 is 0 Å². The summed E-state index contributed by atoms with van der Waals surface area (Å²) in [6.45, 7) is 6.43. The quantitative estimate of drug-likeness (QED) is 0.830. The van der Waals surface area contributed by atoms with E-state index in [1.54, 1.807) is 19.1 Å². The van der Waals surface area contributed by atoms with E-state index < -0.39 is 0 Å². The molecule has 0 unspecified atom stereocenters. The van der Waals surface area contributed by atoms with Crippen LogP contribution in [0.3, 0.4) is 0 Å². The highest BCUT2D eigenvalue weighted by molar-refractivity contribution is 5.39. The molecule has 0 saturated carbocycles. The average molecular weight is 335 g/mol. The molecule has 2 N–H and O–H groups in total. The molecule has 0 amide bonds. The van der Waals surface area contributed by atoms with Gasteiger partial charge in [-0.05, 0) is 43.9 Å². The Hall–Kier alpha value is -1.26. The van der Waals surface area contributed by atoms with Gasteiger partial charge >= 0.3 is 0 Å². The second-order valence-electron chi connectivity index (χ2n) is 7.45. The van der Waals surface area contributed by atoms with Crippen LogP contribution >= 0.6 is 0 Å². The number of quaternary nitrogens is 2. The van der Waals surface area contributed by atoms with Gasteiger partial charge in [0.15, 0.2) is 0 Å². The number of hydrogen-bond acceptors (Lipinski definition) is 2. The molecule has 1 aromatic rings. The molecular weight excluding hydrogens is 300 g/mol. The smallest absolute Gasteiger partial charge is 0.127 e. The summed E-state index contributed by atoms with van der Waals surface area (Å²) in [7, 11) is 3.49. The van der Waals surface area contributed by atoms with Crippen LogP contribution in [0.25, 0.3) is 0 Å². The summed E-state index contributed by atoms with van der Waals surface area (Å²) in [5.74, 6) is 1.91. The number of benzene rings is 1. The molecule has 3 rings (SSSR count). The Kier molecular flexibility index (Phi) is 6.38. The molecule has 0 radical (unpaired) electrons. The van der Waals surface area contributed by atoms with Gasteiger partial charge in [-0.25, -0.2) is 0 Å². The number of likely N-dealkylation sites (tertiary alicyclic amines) is 2. The van der Waals surface area contributed by atoms with Gasteiger partial charge in [-0.3, -0.25) is 0 Å². The predicted octanol–water partition coefficient (Wildman–Crippen LogP) is 0.710. The average Bonchev–Trinajstić information content (AvgIpc) is 2.92. The predicted molar refractivity (Wildman–Crippen MR) is 96.1 cm³/mol. The van der Waals surface area contributed by atoms with Crippen LogP contribution in [0.4, 0.5) is 0 Å². The number of hydrogen-bond donors (Lipinski definition) is 2. The molecule has 4 heteroatoms. The molecule has 1 aromatic carbocycles. The Morgan fingerprint density at radius 2 is 1.62 bits per heavy atom. The Bertz CT molecular complexity index is 504. The minimum absolute atomic E-state index is 0.902. The summed E-state index contributed by atoms with van der Waals surface area (Å²) >= 11 is 0. The molecular formula is C20H34N2O2+2. The van der Waals surface area contributed by atoms with E-state index in [1.807, 2.05) is 17.0 Å². The minimum Gasteiger partial charge on any atom is -0.497 e. The highest BCUT2D eigenvalue weighted by Gasteiger charge is 2.30. The number of ether oxygens (including phenoxy) is 2. The van der Waals surface area contributed by atoms with Crippen LogP contribution in [-0.2, 0) is 6.54 Å².